The number of rotatable bonds is 6. The fourth-order valence-electron chi connectivity index (χ4n) is 2.20. The van der Waals surface area contributed by atoms with Crippen molar-refractivity contribution in [2.75, 3.05) is 0 Å². The van der Waals surface area contributed by atoms with Crippen molar-refractivity contribution in [3.8, 4) is 0 Å². The molecule has 0 spiro atoms. The zero-order valence-corrected chi connectivity index (χ0v) is 13.8. The highest BCUT2D eigenvalue weighted by Crippen LogP contribution is 2.46. The van der Waals surface area contributed by atoms with Crippen LogP contribution in [-0.4, -0.2) is 50.2 Å². The second kappa shape index (κ2) is 6.38. The van der Waals surface area contributed by atoms with Crippen molar-refractivity contribution in [2.24, 2.45) is 0 Å². The van der Waals surface area contributed by atoms with Crippen LogP contribution in [0.5, 0.6) is 0 Å². The van der Waals surface area contributed by atoms with Crippen LogP contribution in [0.25, 0.3) is 0 Å². The Morgan fingerprint density at radius 2 is 0.769 bits per heavy atom. The molecule has 0 N–H and O–H groups in total. The van der Waals surface area contributed by atoms with E-state index in [0.717, 1.165) is 0 Å². The number of hydrogen-bond acceptors (Lipinski definition) is 4. The minimum atomic E-state index is -6.07. The van der Waals surface area contributed by atoms with Gasteiger partial charge < -0.3 is 0 Å². The molecule has 4 nitrogen and oxygen atoms in total. The quantitative estimate of drug-likeness (QED) is 0.584. The van der Waals surface area contributed by atoms with Crippen molar-refractivity contribution in [1.29, 1.82) is 0 Å². The number of hydrogen-bond donors (Lipinski definition) is 0. The van der Waals surface area contributed by atoms with Gasteiger partial charge in [0.05, 0.1) is 0 Å². The smallest absolute Gasteiger partial charge is 0.226 e. The monoisotopic (exact) mass is 448 g/mol. The molecule has 1 aliphatic heterocycles. The Morgan fingerprint density at radius 1 is 0.538 bits per heavy atom. The highest BCUT2D eigenvalue weighted by molar-refractivity contribution is 8.25. The van der Waals surface area contributed by atoms with Crippen LogP contribution in [0.1, 0.15) is 25.7 Å². The molecule has 0 atom stereocenters. The molecular weight excluding hydrogens is 438 g/mol. The summed E-state index contributed by atoms with van der Waals surface area (Å²) in [5, 5.41) is 0. The van der Waals surface area contributed by atoms with E-state index in [2.05, 4.69) is 0 Å². The molecule has 156 valence electrons. The first-order valence-corrected chi connectivity index (χ1v) is 9.74. The average molecular weight is 448 g/mol. The van der Waals surface area contributed by atoms with Crippen LogP contribution in [0.15, 0.2) is 0 Å². The summed E-state index contributed by atoms with van der Waals surface area (Å²) in [4.78, 5) is 0. The van der Waals surface area contributed by atoms with Gasteiger partial charge >= 0.3 is 24.2 Å². The molecule has 1 saturated heterocycles. The maximum absolute atomic E-state index is 12.7. The summed E-state index contributed by atoms with van der Waals surface area (Å²) in [5.74, 6) is -10.8. The normalized spacial score (nSPS) is 26.4. The first-order chi connectivity index (χ1) is 11.2. The molecule has 1 rings (SSSR count). The van der Waals surface area contributed by atoms with Gasteiger partial charge in [0.1, 0.15) is 0 Å². The van der Waals surface area contributed by atoms with Gasteiger partial charge in [-0.25, -0.2) is 16.8 Å². The van der Waals surface area contributed by atoms with E-state index in [9.17, 15) is 60.7 Å². The predicted molar refractivity (Wildman–Crippen MR) is 65.9 cm³/mol. The summed E-state index contributed by atoms with van der Waals surface area (Å²) >= 11 is 0. The standard InChI is InChI=1S/C10H10F10O4S2/c11-7(12,9(15,16)17)3-1-5-25(21,22)6(26(5,23)24)2-4-8(13,14)10(18,19)20/h5-6H,1-4H2. The summed E-state index contributed by atoms with van der Waals surface area (Å²) in [6.45, 7) is 0. The first-order valence-electron chi connectivity index (χ1n) is 6.52. The van der Waals surface area contributed by atoms with Gasteiger partial charge in [0, 0.05) is 12.8 Å². The van der Waals surface area contributed by atoms with E-state index in [4.69, 9.17) is 0 Å². The molecule has 16 heteroatoms. The van der Waals surface area contributed by atoms with E-state index in [1.807, 2.05) is 0 Å². The van der Waals surface area contributed by atoms with Gasteiger partial charge in [-0.3, -0.25) is 0 Å². The third-order valence-corrected chi connectivity index (χ3v) is 10.8. The Labute approximate surface area is 140 Å². The van der Waals surface area contributed by atoms with Crippen LogP contribution in [0.4, 0.5) is 43.9 Å². The third-order valence-electron chi connectivity index (χ3n) is 3.68. The fourth-order valence-corrected chi connectivity index (χ4v) is 8.43. The molecule has 0 amide bonds. The van der Waals surface area contributed by atoms with Gasteiger partial charge in [-0.05, 0) is 12.8 Å². The van der Waals surface area contributed by atoms with E-state index >= 15 is 0 Å². The largest absolute Gasteiger partial charge is 0.453 e. The van der Waals surface area contributed by atoms with Gasteiger partial charge in [-0.15, -0.1) is 0 Å². The highest BCUT2D eigenvalue weighted by atomic mass is 32.3. The first kappa shape index (κ1) is 23.2. The van der Waals surface area contributed by atoms with Crippen molar-refractivity contribution in [1.82, 2.24) is 0 Å². The molecule has 0 aromatic rings. The Morgan fingerprint density at radius 3 is 0.962 bits per heavy atom. The molecular formula is C10H10F10O4S2. The van der Waals surface area contributed by atoms with Gasteiger partial charge in [0.15, 0.2) is 28.8 Å². The zero-order valence-electron chi connectivity index (χ0n) is 12.2. The Hall–Kier alpha value is -0.800. The summed E-state index contributed by atoms with van der Waals surface area (Å²) in [6, 6.07) is 0. The molecule has 0 bridgehead atoms. The van der Waals surface area contributed by atoms with Gasteiger partial charge in [-0.1, -0.05) is 0 Å². The van der Waals surface area contributed by atoms with E-state index in [-0.39, 0.29) is 0 Å². The average Bonchev–Trinajstić information content (AvgIpc) is 2.33. The molecule has 26 heavy (non-hydrogen) atoms. The fraction of sp³-hybridized carbons (Fsp3) is 1.00. The van der Waals surface area contributed by atoms with Crippen molar-refractivity contribution in [2.45, 2.75) is 59.0 Å². The van der Waals surface area contributed by atoms with Gasteiger partial charge in [-0.2, -0.15) is 43.9 Å². The maximum Gasteiger partial charge on any atom is 0.453 e. The maximum atomic E-state index is 12.7. The van der Waals surface area contributed by atoms with Gasteiger partial charge in [0.25, 0.3) is 0 Å². The minimum absolute atomic E-state index is 1.68. The Bertz CT molecular complexity index is 651. The van der Waals surface area contributed by atoms with Gasteiger partial charge in [0.2, 0.25) is 0 Å². The molecule has 0 aliphatic carbocycles. The van der Waals surface area contributed by atoms with Crippen molar-refractivity contribution < 1.29 is 60.7 Å². The van der Waals surface area contributed by atoms with E-state index < -0.39 is 78.7 Å². The molecule has 0 unspecified atom stereocenters. The van der Waals surface area contributed by atoms with Crippen molar-refractivity contribution in [3.05, 3.63) is 0 Å². The van der Waals surface area contributed by atoms with Crippen LogP contribution in [0, 0.1) is 0 Å². The summed E-state index contributed by atoms with van der Waals surface area (Å²) < 4.78 is 164. The molecule has 0 radical (unpaired) electrons. The number of alkyl halides is 10. The van der Waals surface area contributed by atoms with E-state index in [1.165, 1.54) is 0 Å². The van der Waals surface area contributed by atoms with E-state index in [1.54, 1.807) is 0 Å². The minimum Gasteiger partial charge on any atom is -0.226 e. The zero-order chi connectivity index (χ0) is 21.0. The second-order valence-electron chi connectivity index (χ2n) is 5.52. The summed E-state index contributed by atoms with van der Waals surface area (Å²) in [5.41, 5.74) is 0. The van der Waals surface area contributed by atoms with E-state index in [0.29, 0.717) is 0 Å². The van der Waals surface area contributed by atoms with Crippen LogP contribution in [0.2, 0.25) is 0 Å². The third kappa shape index (κ3) is 4.04. The lowest BCUT2D eigenvalue weighted by Crippen LogP contribution is -2.57. The molecule has 0 aromatic heterocycles. The molecule has 1 heterocycles. The Balaban J connectivity index is 2.89. The molecule has 1 aliphatic rings. The topological polar surface area (TPSA) is 68.3 Å². The lowest BCUT2D eigenvalue weighted by molar-refractivity contribution is -0.284. The summed E-state index contributed by atoms with van der Waals surface area (Å²) in [7, 11) is -9.99. The predicted octanol–water partition coefficient (Wildman–Crippen LogP) is 3.44. The molecule has 0 saturated carbocycles. The van der Waals surface area contributed by atoms with Crippen LogP contribution in [0.3, 0.4) is 0 Å². The number of sulfone groups is 2. The van der Waals surface area contributed by atoms with Crippen LogP contribution < -0.4 is 0 Å². The van der Waals surface area contributed by atoms with Crippen LogP contribution in [-0.2, 0) is 19.7 Å². The lowest BCUT2D eigenvalue weighted by Gasteiger charge is -2.36. The van der Waals surface area contributed by atoms with Crippen molar-refractivity contribution in [3.63, 3.8) is 0 Å². The summed E-state index contributed by atoms with van der Waals surface area (Å²) in [6.07, 6.45) is -19.9. The Kier molecular flexibility index (Phi) is 5.70. The second-order valence-corrected chi connectivity index (χ2v) is 10.7. The number of halogens is 10. The molecule has 1 fully saturated rings. The van der Waals surface area contributed by atoms with Crippen molar-refractivity contribution >= 4 is 19.7 Å². The molecule has 0 aromatic carbocycles. The highest BCUT2D eigenvalue weighted by Gasteiger charge is 2.65. The SMILES string of the molecule is O=S1(=O)C(CCC(F)(F)C(F)(F)F)S(=O)(=O)C1CCC(F)(F)C(F)(F)F. The lowest BCUT2D eigenvalue weighted by atomic mass is 10.2. The van der Waals surface area contributed by atoms with Crippen LogP contribution >= 0.6 is 0 Å².